The molecule has 0 aromatic heterocycles. The molecule has 2 aromatic rings. The third-order valence-electron chi connectivity index (χ3n) is 5.34. The molecular formula is C23H35IN4O. The van der Waals surface area contributed by atoms with Gasteiger partial charge < -0.3 is 20.3 Å². The largest absolute Gasteiger partial charge is 0.377 e. The second-order valence-electron chi connectivity index (χ2n) is 7.74. The molecule has 0 atom stereocenters. The number of halogens is 1. The minimum absolute atomic E-state index is 0. The number of hydrogen-bond acceptors (Lipinski definition) is 3. The summed E-state index contributed by atoms with van der Waals surface area (Å²) in [7, 11) is 1.84. The Morgan fingerprint density at radius 1 is 1.14 bits per heavy atom. The van der Waals surface area contributed by atoms with Crippen LogP contribution in [0.1, 0.15) is 32.3 Å². The fourth-order valence-corrected chi connectivity index (χ4v) is 3.73. The molecule has 1 fully saturated rings. The summed E-state index contributed by atoms with van der Waals surface area (Å²) in [6.45, 7) is 9.02. The number of rotatable bonds is 7. The van der Waals surface area contributed by atoms with Crippen LogP contribution in [0.3, 0.4) is 0 Å². The number of likely N-dealkylation sites (tertiary alicyclic amines) is 1. The summed E-state index contributed by atoms with van der Waals surface area (Å²) in [6.07, 6.45) is 2.59. The van der Waals surface area contributed by atoms with Crippen molar-refractivity contribution in [1.29, 1.82) is 0 Å². The molecular weight excluding hydrogens is 475 g/mol. The Kier molecular flexibility index (Phi) is 10.2. The van der Waals surface area contributed by atoms with Gasteiger partial charge in [0.25, 0.3) is 0 Å². The standard InChI is InChI=1S/C23H34N4O.HI/c1-18(2)28-16-15-27-13-11-21(12-14-27)26-23(24-3)25-17-20-9-6-8-19-7-4-5-10-22(19)20;/h4-10,18,21H,11-17H2,1-3H3,(H2,24,25,26);1H. The maximum absolute atomic E-state index is 5.67. The van der Waals surface area contributed by atoms with Gasteiger partial charge in [-0.15, -0.1) is 24.0 Å². The van der Waals surface area contributed by atoms with Crippen LogP contribution in [0.25, 0.3) is 10.8 Å². The third kappa shape index (κ3) is 7.42. The fraction of sp³-hybridized carbons (Fsp3) is 0.522. The molecule has 2 aromatic carbocycles. The van der Waals surface area contributed by atoms with Crippen molar-refractivity contribution in [3.05, 3.63) is 48.0 Å². The van der Waals surface area contributed by atoms with Crippen LogP contribution in [0.4, 0.5) is 0 Å². The van der Waals surface area contributed by atoms with Crippen molar-refractivity contribution in [2.75, 3.05) is 33.3 Å². The summed E-state index contributed by atoms with van der Waals surface area (Å²) < 4.78 is 5.67. The molecule has 0 saturated carbocycles. The molecule has 0 amide bonds. The Morgan fingerprint density at radius 2 is 1.86 bits per heavy atom. The normalized spacial score (nSPS) is 16.1. The van der Waals surface area contributed by atoms with E-state index in [2.05, 4.69) is 76.8 Å². The number of nitrogens with zero attached hydrogens (tertiary/aromatic N) is 2. The van der Waals surface area contributed by atoms with E-state index in [-0.39, 0.29) is 24.0 Å². The lowest BCUT2D eigenvalue weighted by Crippen LogP contribution is -2.49. The molecule has 1 aliphatic heterocycles. The van der Waals surface area contributed by atoms with E-state index >= 15 is 0 Å². The highest BCUT2D eigenvalue weighted by Gasteiger charge is 2.19. The Hall–Kier alpha value is -1.38. The number of hydrogen-bond donors (Lipinski definition) is 2. The number of nitrogens with one attached hydrogen (secondary N) is 2. The van der Waals surface area contributed by atoms with Crippen molar-refractivity contribution in [3.63, 3.8) is 0 Å². The highest BCUT2D eigenvalue weighted by Crippen LogP contribution is 2.18. The van der Waals surface area contributed by atoms with E-state index in [0.717, 1.165) is 51.6 Å². The van der Waals surface area contributed by atoms with Crippen LogP contribution in [0.5, 0.6) is 0 Å². The summed E-state index contributed by atoms with van der Waals surface area (Å²) in [5.41, 5.74) is 1.29. The first-order chi connectivity index (χ1) is 13.7. The number of aliphatic imine (C=N–C) groups is 1. The van der Waals surface area contributed by atoms with Gasteiger partial charge in [-0.3, -0.25) is 4.99 Å². The van der Waals surface area contributed by atoms with Gasteiger partial charge >= 0.3 is 0 Å². The minimum atomic E-state index is 0. The highest BCUT2D eigenvalue weighted by molar-refractivity contribution is 14.0. The number of ether oxygens (including phenoxy) is 1. The monoisotopic (exact) mass is 510 g/mol. The quantitative estimate of drug-likeness (QED) is 0.336. The van der Waals surface area contributed by atoms with Gasteiger partial charge in [0.05, 0.1) is 12.7 Å². The Labute approximate surface area is 192 Å². The zero-order valence-electron chi connectivity index (χ0n) is 17.9. The van der Waals surface area contributed by atoms with Crippen molar-refractivity contribution < 1.29 is 4.74 Å². The molecule has 1 saturated heterocycles. The molecule has 3 rings (SSSR count). The zero-order valence-corrected chi connectivity index (χ0v) is 20.2. The topological polar surface area (TPSA) is 48.9 Å². The average molecular weight is 510 g/mol. The smallest absolute Gasteiger partial charge is 0.191 e. The van der Waals surface area contributed by atoms with Gasteiger partial charge in [0.15, 0.2) is 5.96 Å². The SMILES string of the molecule is CN=C(NCc1cccc2ccccc12)NC1CCN(CCOC(C)C)CC1.I. The molecule has 2 N–H and O–H groups in total. The van der Waals surface area contributed by atoms with E-state index in [0.29, 0.717) is 12.1 Å². The second kappa shape index (κ2) is 12.3. The Balaban J connectivity index is 0.00000300. The van der Waals surface area contributed by atoms with E-state index in [1.54, 1.807) is 0 Å². The molecule has 0 bridgehead atoms. The van der Waals surface area contributed by atoms with Gasteiger partial charge in [0.1, 0.15) is 0 Å². The van der Waals surface area contributed by atoms with Gasteiger partial charge in [0.2, 0.25) is 0 Å². The predicted octanol–water partition coefficient (Wildman–Crippen LogP) is 4.01. The number of fused-ring (bicyclic) bond motifs is 1. The molecule has 0 unspecified atom stereocenters. The molecule has 0 radical (unpaired) electrons. The summed E-state index contributed by atoms with van der Waals surface area (Å²) in [5, 5.41) is 9.66. The van der Waals surface area contributed by atoms with Crippen LogP contribution in [-0.4, -0.2) is 56.3 Å². The molecule has 0 aliphatic carbocycles. The predicted molar refractivity (Wildman–Crippen MR) is 133 cm³/mol. The van der Waals surface area contributed by atoms with E-state index in [4.69, 9.17) is 4.74 Å². The van der Waals surface area contributed by atoms with Gasteiger partial charge in [-0.2, -0.15) is 0 Å². The molecule has 160 valence electrons. The average Bonchev–Trinajstić information content (AvgIpc) is 2.72. The van der Waals surface area contributed by atoms with Gasteiger partial charge in [-0.25, -0.2) is 0 Å². The summed E-state index contributed by atoms with van der Waals surface area (Å²) in [5.74, 6) is 0.884. The van der Waals surface area contributed by atoms with Crippen LogP contribution in [0.2, 0.25) is 0 Å². The second-order valence-corrected chi connectivity index (χ2v) is 7.74. The van der Waals surface area contributed by atoms with E-state index < -0.39 is 0 Å². The number of guanidine groups is 1. The fourth-order valence-electron chi connectivity index (χ4n) is 3.73. The minimum Gasteiger partial charge on any atom is -0.377 e. The first-order valence-corrected chi connectivity index (χ1v) is 10.4. The number of benzene rings is 2. The van der Waals surface area contributed by atoms with Crippen molar-refractivity contribution in [2.24, 2.45) is 4.99 Å². The van der Waals surface area contributed by atoms with Gasteiger partial charge in [-0.1, -0.05) is 42.5 Å². The molecule has 0 spiro atoms. The van der Waals surface area contributed by atoms with Crippen LogP contribution >= 0.6 is 24.0 Å². The van der Waals surface area contributed by atoms with Crippen LogP contribution in [0, 0.1) is 0 Å². The van der Waals surface area contributed by atoms with Gasteiger partial charge in [-0.05, 0) is 43.0 Å². The lowest BCUT2D eigenvalue weighted by atomic mass is 10.0. The van der Waals surface area contributed by atoms with E-state index in [1.807, 2.05) is 7.05 Å². The van der Waals surface area contributed by atoms with Crippen LogP contribution in [0.15, 0.2) is 47.5 Å². The molecule has 6 heteroatoms. The van der Waals surface area contributed by atoms with Crippen molar-refractivity contribution in [1.82, 2.24) is 15.5 Å². The van der Waals surface area contributed by atoms with Crippen LogP contribution < -0.4 is 10.6 Å². The molecule has 1 aliphatic rings. The summed E-state index contributed by atoms with van der Waals surface area (Å²) >= 11 is 0. The van der Waals surface area contributed by atoms with Crippen molar-refractivity contribution in [2.45, 2.75) is 45.4 Å². The van der Waals surface area contributed by atoms with Crippen LogP contribution in [-0.2, 0) is 11.3 Å². The Morgan fingerprint density at radius 3 is 2.59 bits per heavy atom. The lowest BCUT2D eigenvalue weighted by molar-refractivity contribution is 0.0532. The molecule has 29 heavy (non-hydrogen) atoms. The summed E-state index contributed by atoms with van der Waals surface area (Å²) in [4.78, 5) is 6.92. The van der Waals surface area contributed by atoms with Gasteiger partial charge in [0, 0.05) is 39.3 Å². The van der Waals surface area contributed by atoms with Crippen molar-refractivity contribution >= 4 is 40.7 Å². The third-order valence-corrected chi connectivity index (χ3v) is 5.34. The van der Waals surface area contributed by atoms with Crippen molar-refractivity contribution in [3.8, 4) is 0 Å². The lowest BCUT2D eigenvalue weighted by Gasteiger charge is -2.33. The van der Waals surface area contributed by atoms with E-state index in [9.17, 15) is 0 Å². The molecule has 1 heterocycles. The highest BCUT2D eigenvalue weighted by atomic mass is 127. The molecule has 5 nitrogen and oxygen atoms in total. The van der Waals surface area contributed by atoms with E-state index in [1.165, 1.54) is 16.3 Å². The first kappa shape index (κ1) is 23.9. The maximum Gasteiger partial charge on any atom is 0.191 e. The first-order valence-electron chi connectivity index (χ1n) is 10.4. The maximum atomic E-state index is 5.67. The Bertz CT molecular complexity index is 767. The zero-order chi connectivity index (χ0) is 19.8. The summed E-state index contributed by atoms with van der Waals surface area (Å²) in [6, 6.07) is 15.5. The number of piperidine rings is 1.